The molecule has 4 heteroatoms. The van der Waals surface area contributed by atoms with Crippen molar-refractivity contribution in [2.75, 3.05) is 13.1 Å². The topological polar surface area (TPSA) is 50.7 Å². The van der Waals surface area contributed by atoms with Gasteiger partial charge in [0.25, 0.3) is 0 Å². The second-order valence-electron chi connectivity index (χ2n) is 7.09. The SMILES string of the molecule is CC1(C)Oc2c(O)cccc2[C@H]2O[C@H]3CCNC[C@H]3C[C@@H]21. The number of ether oxygens (including phenoxy) is 2. The van der Waals surface area contributed by atoms with Gasteiger partial charge < -0.3 is 19.9 Å². The molecule has 114 valence electrons. The minimum Gasteiger partial charge on any atom is -0.504 e. The van der Waals surface area contributed by atoms with Gasteiger partial charge in [0.2, 0.25) is 0 Å². The smallest absolute Gasteiger partial charge is 0.167 e. The molecule has 2 N–H and O–H groups in total. The van der Waals surface area contributed by atoms with E-state index in [0.29, 0.717) is 23.7 Å². The van der Waals surface area contributed by atoms with E-state index in [1.165, 1.54) is 0 Å². The standard InChI is InChI=1S/C17H23NO3/c1-17(2)12-8-10-9-18-7-6-14(10)20-15(12)11-4-3-5-13(19)16(11)21-17/h3-5,10,12,14-15,18-19H,6-9H2,1-2H3/t10-,12+,14+,15-/m1/s1. The number of aromatic hydroxyl groups is 1. The predicted octanol–water partition coefficient (Wildman–Crippen LogP) is 2.62. The van der Waals surface area contributed by atoms with E-state index in [9.17, 15) is 5.11 Å². The molecule has 4 nitrogen and oxygen atoms in total. The van der Waals surface area contributed by atoms with Crippen molar-refractivity contribution in [3.63, 3.8) is 0 Å². The molecule has 2 saturated heterocycles. The molecule has 0 bridgehead atoms. The predicted molar refractivity (Wildman–Crippen MR) is 79.5 cm³/mol. The number of benzene rings is 1. The van der Waals surface area contributed by atoms with Crippen molar-refractivity contribution < 1.29 is 14.6 Å². The van der Waals surface area contributed by atoms with Crippen molar-refractivity contribution in [1.29, 1.82) is 0 Å². The van der Waals surface area contributed by atoms with E-state index in [-0.39, 0.29) is 17.5 Å². The van der Waals surface area contributed by atoms with E-state index in [2.05, 4.69) is 19.2 Å². The molecule has 0 aromatic heterocycles. The molecule has 3 heterocycles. The van der Waals surface area contributed by atoms with Gasteiger partial charge >= 0.3 is 0 Å². The minimum absolute atomic E-state index is 0.0372. The third kappa shape index (κ3) is 2.04. The lowest BCUT2D eigenvalue weighted by Gasteiger charge is -2.52. The zero-order valence-corrected chi connectivity index (χ0v) is 12.6. The Morgan fingerprint density at radius 3 is 3.05 bits per heavy atom. The second-order valence-corrected chi connectivity index (χ2v) is 7.09. The first-order chi connectivity index (χ1) is 10.1. The third-order valence-corrected chi connectivity index (χ3v) is 5.37. The summed E-state index contributed by atoms with van der Waals surface area (Å²) in [5.74, 6) is 1.72. The van der Waals surface area contributed by atoms with Crippen LogP contribution in [0.15, 0.2) is 18.2 Å². The van der Waals surface area contributed by atoms with Crippen LogP contribution in [-0.4, -0.2) is 29.9 Å². The maximum absolute atomic E-state index is 10.1. The lowest BCUT2D eigenvalue weighted by Crippen LogP contribution is -2.54. The van der Waals surface area contributed by atoms with E-state index in [4.69, 9.17) is 9.47 Å². The van der Waals surface area contributed by atoms with Crippen LogP contribution < -0.4 is 10.1 Å². The molecule has 4 atom stereocenters. The molecule has 0 unspecified atom stereocenters. The molecule has 0 saturated carbocycles. The summed E-state index contributed by atoms with van der Waals surface area (Å²) in [6.45, 7) is 6.29. The number of para-hydroxylation sites is 1. The molecular formula is C17H23NO3. The zero-order chi connectivity index (χ0) is 14.6. The highest BCUT2D eigenvalue weighted by Crippen LogP contribution is 2.54. The molecule has 0 radical (unpaired) electrons. The number of phenols is 1. The summed E-state index contributed by atoms with van der Waals surface area (Å²) in [7, 11) is 0. The molecule has 0 aliphatic carbocycles. The fourth-order valence-electron chi connectivity index (χ4n) is 4.20. The Hall–Kier alpha value is -1.26. The van der Waals surface area contributed by atoms with Crippen LogP contribution in [0, 0.1) is 11.8 Å². The van der Waals surface area contributed by atoms with Crippen LogP contribution >= 0.6 is 0 Å². The Balaban J connectivity index is 1.75. The van der Waals surface area contributed by atoms with Crippen molar-refractivity contribution in [2.24, 2.45) is 11.8 Å². The zero-order valence-electron chi connectivity index (χ0n) is 12.6. The molecule has 0 amide bonds. The molecule has 2 fully saturated rings. The van der Waals surface area contributed by atoms with Gasteiger partial charge in [-0.3, -0.25) is 0 Å². The maximum atomic E-state index is 10.1. The molecule has 1 aromatic rings. The van der Waals surface area contributed by atoms with Crippen molar-refractivity contribution in [1.82, 2.24) is 5.32 Å². The van der Waals surface area contributed by atoms with E-state index < -0.39 is 0 Å². The van der Waals surface area contributed by atoms with Gasteiger partial charge in [0, 0.05) is 18.0 Å². The summed E-state index contributed by atoms with van der Waals surface area (Å²) in [5, 5.41) is 13.6. The Labute approximate surface area is 125 Å². The fraction of sp³-hybridized carbons (Fsp3) is 0.647. The molecule has 1 aromatic carbocycles. The van der Waals surface area contributed by atoms with Crippen molar-refractivity contribution in [2.45, 2.75) is 44.5 Å². The number of piperidine rings is 1. The summed E-state index contributed by atoms with van der Waals surface area (Å²) in [4.78, 5) is 0. The van der Waals surface area contributed by atoms with Gasteiger partial charge in [0.05, 0.1) is 12.2 Å². The first-order valence-corrected chi connectivity index (χ1v) is 7.93. The largest absolute Gasteiger partial charge is 0.504 e. The van der Waals surface area contributed by atoms with Crippen LogP contribution in [0.5, 0.6) is 11.5 Å². The van der Waals surface area contributed by atoms with Crippen molar-refractivity contribution in [3.05, 3.63) is 23.8 Å². The molecule has 3 aliphatic heterocycles. The molecular weight excluding hydrogens is 266 g/mol. The van der Waals surface area contributed by atoms with Crippen molar-refractivity contribution >= 4 is 0 Å². The van der Waals surface area contributed by atoms with E-state index in [1.807, 2.05) is 12.1 Å². The highest BCUT2D eigenvalue weighted by atomic mass is 16.5. The quantitative estimate of drug-likeness (QED) is 0.771. The number of nitrogens with one attached hydrogen (secondary N) is 1. The number of rotatable bonds is 0. The summed E-state index contributed by atoms with van der Waals surface area (Å²) >= 11 is 0. The average Bonchev–Trinajstić information content (AvgIpc) is 2.47. The van der Waals surface area contributed by atoms with Crippen molar-refractivity contribution in [3.8, 4) is 11.5 Å². The maximum Gasteiger partial charge on any atom is 0.167 e. The van der Waals surface area contributed by atoms with Gasteiger partial charge in [-0.1, -0.05) is 12.1 Å². The average molecular weight is 289 g/mol. The summed E-state index contributed by atoms with van der Waals surface area (Å²) in [6, 6.07) is 5.60. The van der Waals surface area contributed by atoms with E-state index >= 15 is 0 Å². The summed E-state index contributed by atoms with van der Waals surface area (Å²) in [6.07, 6.45) is 2.56. The van der Waals surface area contributed by atoms with Gasteiger partial charge in [-0.2, -0.15) is 0 Å². The van der Waals surface area contributed by atoms with Gasteiger partial charge in [0.15, 0.2) is 11.5 Å². The molecule has 4 rings (SSSR count). The lowest BCUT2D eigenvalue weighted by atomic mass is 9.71. The lowest BCUT2D eigenvalue weighted by molar-refractivity contribution is -0.178. The molecule has 21 heavy (non-hydrogen) atoms. The first kappa shape index (κ1) is 13.4. The number of hydrogen-bond acceptors (Lipinski definition) is 4. The Kier molecular flexibility index (Phi) is 2.95. The monoisotopic (exact) mass is 289 g/mol. The second kappa shape index (κ2) is 4.62. The van der Waals surface area contributed by atoms with Gasteiger partial charge in [-0.15, -0.1) is 0 Å². The summed E-state index contributed by atoms with van der Waals surface area (Å²) < 4.78 is 12.6. The number of hydrogen-bond donors (Lipinski definition) is 2. The number of phenolic OH excluding ortho intramolecular Hbond substituents is 1. The van der Waals surface area contributed by atoms with Gasteiger partial charge in [-0.05, 0) is 45.2 Å². The van der Waals surface area contributed by atoms with Gasteiger partial charge in [-0.25, -0.2) is 0 Å². The third-order valence-electron chi connectivity index (χ3n) is 5.37. The molecule has 3 aliphatic rings. The van der Waals surface area contributed by atoms with E-state index in [0.717, 1.165) is 31.5 Å². The normalized spacial score (nSPS) is 36.9. The van der Waals surface area contributed by atoms with Crippen LogP contribution in [-0.2, 0) is 4.74 Å². The Morgan fingerprint density at radius 2 is 2.19 bits per heavy atom. The summed E-state index contributed by atoms with van der Waals surface area (Å²) in [5.41, 5.74) is 0.690. The highest BCUT2D eigenvalue weighted by Gasteiger charge is 2.51. The Bertz CT molecular complexity index is 557. The molecule has 0 spiro atoms. The fourth-order valence-corrected chi connectivity index (χ4v) is 4.20. The van der Waals surface area contributed by atoms with Crippen LogP contribution in [0.3, 0.4) is 0 Å². The van der Waals surface area contributed by atoms with Crippen LogP contribution in [0.4, 0.5) is 0 Å². The van der Waals surface area contributed by atoms with Crippen LogP contribution in [0.1, 0.15) is 38.4 Å². The number of fused-ring (bicyclic) bond motifs is 4. The van der Waals surface area contributed by atoms with Crippen LogP contribution in [0.2, 0.25) is 0 Å². The van der Waals surface area contributed by atoms with Gasteiger partial charge in [0.1, 0.15) is 5.60 Å². The van der Waals surface area contributed by atoms with Crippen LogP contribution in [0.25, 0.3) is 0 Å². The Morgan fingerprint density at radius 1 is 1.33 bits per heavy atom. The minimum atomic E-state index is -0.321. The first-order valence-electron chi connectivity index (χ1n) is 7.93. The highest BCUT2D eigenvalue weighted by molar-refractivity contribution is 5.49. The van der Waals surface area contributed by atoms with E-state index in [1.54, 1.807) is 6.07 Å².